The van der Waals surface area contributed by atoms with Crippen molar-refractivity contribution >= 4 is 16.6 Å². The van der Waals surface area contributed by atoms with Gasteiger partial charge in [-0.2, -0.15) is 13.2 Å². The highest BCUT2D eigenvalue weighted by Crippen LogP contribution is 2.33. The first-order valence-electron chi connectivity index (χ1n) is 8.59. The number of methoxy groups -OCH3 is 1. The Morgan fingerprint density at radius 1 is 1.00 bits per heavy atom. The van der Waals surface area contributed by atoms with E-state index in [9.17, 15) is 18.3 Å². The number of anilines is 1. The Balaban J connectivity index is 1.96. The molecule has 0 saturated carbocycles. The Morgan fingerprint density at radius 3 is 2.25 bits per heavy atom. The van der Waals surface area contributed by atoms with Crippen LogP contribution in [-0.4, -0.2) is 41.2 Å². The number of hydrogen-bond acceptors (Lipinski definition) is 5. The highest BCUT2D eigenvalue weighted by molar-refractivity contribution is 6.00. The van der Waals surface area contributed by atoms with Gasteiger partial charge < -0.3 is 15.2 Å². The molecule has 0 bridgehead atoms. The topological polar surface area (TPSA) is 67.3 Å². The minimum Gasteiger partial charge on any atom is -0.386 e. The lowest BCUT2D eigenvalue weighted by atomic mass is 10.0. The Kier molecular flexibility index (Phi) is 5.53. The van der Waals surface area contributed by atoms with Crippen molar-refractivity contribution in [2.24, 2.45) is 0 Å². The van der Waals surface area contributed by atoms with E-state index in [2.05, 4.69) is 15.5 Å². The predicted octanol–water partition coefficient (Wildman–Crippen LogP) is 4.12. The van der Waals surface area contributed by atoms with Crippen LogP contribution in [0.1, 0.15) is 12.5 Å². The SMILES string of the molecule is COCC(C)(O)CNc1nnc(-c2ccc(C(F)(F)F)cc2)c2ccccc12. The van der Waals surface area contributed by atoms with E-state index < -0.39 is 17.3 Å². The quantitative estimate of drug-likeness (QED) is 0.662. The number of rotatable bonds is 6. The van der Waals surface area contributed by atoms with Crippen LogP contribution in [0.15, 0.2) is 48.5 Å². The van der Waals surface area contributed by atoms with Crippen LogP contribution in [0, 0.1) is 0 Å². The summed E-state index contributed by atoms with van der Waals surface area (Å²) in [5.74, 6) is 0.475. The zero-order valence-corrected chi connectivity index (χ0v) is 15.4. The third kappa shape index (κ3) is 4.40. The Hall–Kier alpha value is -2.71. The van der Waals surface area contributed by atoms with Crippen LogP contribution >= 0.6 is 0 Å². The maximum Gasteiger partial charge on any atom is 0.416 e. The van der Waals surface area contributed by atoms with Crippen LogP contribution in [0.2, 0.25) is 0 Å². The van der Waals surface area contributed by atoms with Crippen LogP contribution in [0.4, 0.5) is 19.0 Å². The molecule has 3 rings (SSSR count). The zero-order chi connectivity index (χ0) is 20.4. The second-order valence-corrected chi connectivity index (χ2v) is 6.80. The summed E-state index contributed by atoms with van der Waals surface area (Å²) in [7, 11) is 1.50. The molecule has 1 aromatic heterocycles. The number of aliphatic hydroxyl groups is 1. The van der Waals surface area contributed by atoms with Gasteiger partial charge in [0.05, 0.1) is 12.2 Å². The standard InChI is InChI=1S/C20H20F3N3O2/c1-19(27,12-28-2)11-24-18-16-6-4-3-5-15(16)17(25-26-18)13-7-9-14(10-8-13)20(21,22)23/h3-10,27H,11-12H2,1-2H3,(H,24,26). The minimum atomic E-state index is -4.39. The first kappa shape index (κ1) is 20.0. The number of nitrogens with one attached hydrogen (secondary N) is 1. The summed E-state index contributed by atoms with van der Waals surface area (Å²) in [5, 5.41) is 23.2. The maximum absolute atomic E-state index is 12.8. The van der Waals surface area contributed by atoms with E-state index >= 15 is 0 Å². The summed E-state index contributed by atoms with van der Waals surface area (Å²) in [6.45, 7) is 1.98. The van der Waals surface area contributed by atoms with Gasteiger partial charge in [0.25, 0.3) is 0 Å². The second-order valence-electron chi connectivity index (χ2n) is 6.80. The normalized spacial score (nSPS) is 14.1. The highest BCUT2D eigenvalue weighted by atomic mass is 19.4. The molecule has 0 saturated heterocycles. The summed E-state index contributed by atoms with van der Waals surface area (Å²) < 4.78 is 43.4. The van der Waals surface area contributed by atoms with E-state index in [-0.39, 0.29) is 13.2 Å². The molecule has 0 aliphatic carbocycles. The van der Waals surface area contributed by atoms with Gasteiger partial charge >= 0.3 is 6.18 Å². The van der Waals surface area contributed by atoms with Gasteiger partial charge in [-0.1, -0.05) is 36.4 Å². The van der Waals surface area contributed by atoms with Gasteiger partial charge in [0.1, 0.15) is 11.3 Å². The third-order valence-corrected chi connectivity index (χ3v) is 4.26. The van der Waals surface area contributed by atoms with Crippen LogP contribution in [-0.2, 0) is 10.9 Å². The summed E-state index contributed by atoms with van der Waals surface area (Å²) in [6, 6.07) is 12.1. The van der Waals surface area contributed by atoms with Gasteiger partial charge in [-0.15, -0.1) is 10.2 Å². The second kappa shape index (κ2) is 7.73. The van der Waals surface area contributed by atoms with Crippen molar-refractivity contribution < 1.29 is 23.0 Å². The monoisotopic (exact) mass is 391 g/mol. The zero-order valence-electron chi connectivity index (χ0n) is 15.4. The molecule has 1 atom stereocenters. The molecule has 2 aromatic carbocycles. The lowest BCUT2D eigenvalue weighted by molar-refractivity contribution is -0.137. The molecule has 148 valence electrons. The fourth-order valence-corrected chi connectivity index (χ4v) is 2.90. The summed E-state index contributed by atoms with van der Waals surface area (Å²) in [6.07, 6.45) is -4.39. The predicted molar refractivity (Wildman–Crippen MR) is 101 cm³/mol. The minimum absolute atomic E-state index is 0.148. The van der Waals surface area contributed by atoms with Crippen molar-refractivity contribution in [3.05, 3.63) is 54.1 Å². The lowest BCUT2D eigenvalue weighted by Gasteiger charge is -2.23. The molecule has 0 radical (unpaired) electrons. The van der Waals surface area contributed by atoms with Crippen LogP contribution in [0.25, 0.3) is 22.0 Å². The molecule has 0 amide bonds. The molecule has 5 nitrogen and oxygen atoms in total. The molecule has 0 aliphatic heterocycles. The van der Waals surface area contributed by atoms with Crippen LogP contribution < -0.4 is 5.32 Å². The molecule has 0 aliphatic rings. The van der Waals surface area contributed by atoms with E-state index in [1.807, 2.05) is 24.3 Å². The molecular formula is C20H20F3N3O2. The average molecular weight is 391 g/mol. The number of aromatic nitrogens is 2. The van der Waals surface area contributed by atoms with Gasteiger partial charge in [-0.3, -0.25) is 0 Å². The van der Waals surface area contributed by atoms with Gasteiger partial charge in [-0.05, 0) is 19.1 Å². The Bertz CT molecular complexity index is 957. The molecule has 0 spiro atoms. The fraction of sp³-hybridized carbons (Fsp3) is 0.300. The average Bonchev–Trinajstić information content (AvgIpc) is 2.65. The molecule has 2 N–H and O–H groups in total. The molecule has 1 unspecified atom stereocenters. The van der Waals surface area contributed by atoms with Crippen LogP contribution in [0.5, 0.6) is 0 Å². The Morgan fingerprint density at radius 2 is 1.64 bits per heavy atom. The smallest absolute Gasteiger partial charge is 0.386 e. The van der Waals surface area contributed by atoms with Gasteiger partial charge in [0.2, 0.25) is 0 Å². The number of fused-ring (bicyclic) bond motifs is 1. The number of hydrogen-bond donors (Lipinski definition) is 2. The number of alkyl halides is 3. The maximum atomic E-state index is 12.8. The Labute approximate surface area is 160 Å². The number of nitrogens with zero attached hydrogens (tertiary/aromatic N) is 2. The van der Waals surface area contributed by atoms with Crippen molar-refractivity contribution in [1.29, 1.82) is 0 Å². The van der Waals surface area contributed by atoms with E-state index in [4.69, 9.17) is 4.74 Å². The fourth-order valence-electron chi connectivity index (χ4n) is 2.90. The van der Waals surface area contributed by atoms with Crippen molar-refractivity contribution in [1.82, 2.24) is 10.2 Å². The van der Waals surface area contributed by atoms with E-state index in [0.29, 0.717) is 17.1 Å². The van der Waals surface area contributed by atoms with Crippen LogP contribution in [0.3, 0.4) is 0 Å². The molecule has 1 heterocycles. The van der Waals surface area contributed by atoms with Crippen molar-refractivity contribution in [2.75, 3.05) is 25.6 Å². The van der Waals surface area contributed by atoms with E-state index in [0.717, 1.165) is 22.9 Å². The number of halogens is 3. The molecule has 8 heteroatoms. The van der Waals surface area contributed by atoms with Crippen molar-refractivity contribution in [3.8, 4) is 11.3 Å². The molecule has 0 fully saturated rings. The van der Waals surface area contributed by atoms with Crippen molar-refractivity contribution in [3.63, 3.8) is 0 Å². The first-order chi connectivity index (χ1) is 13.2. The lowest BCUT2D eigenvalue weighted by Crippen LogP contribution is -2.38. The highest BCUT2D eigenvalue weighted by Gasteiger charge is 2.30. The summed E-state index contributed by atoms with van der Waals surface area (Å²) in [4.78, 5) is 0. The molecule has 3 aromatic rings. The van der Waals surface area contributed by atoms with Crippen molar-refractivity contribution in [2.45, 2.75) is 18.7 Å². The van der Waals surface area contributed by atoms with Gasteiger partial charge in [0, 0.05) is 30.0 Å². The summed E-state index contributed by atoms with van der Waals surface area (Å²) >= 11 is 0. The molecular weight excluding hydrogens is 371 g/mol. The number of benzene rings is 2. The molecule has 28 heavy (non-hydrogen) atoms. The number of ether oxygens (including phenoxy) is 1. The largest absolute Gasteiger partial charge is 0.416 e. The summed E-state index contributed by atoms with van der Waals surface area (Å²) in [5.41, 5.74) is -0.788. The van der Waals surface area contributed by atoms with Gasteiger partial charge in [-0.25, -0.2) is 0 Å². The van der Waals surface area contributed by atoms with E-state index in [1.54, 1.807) is 6.92 Å². The first-order valence-corrected chi connectivity index (χ1v) is 8.59. The third-order valence-electron chi connectivity index (χ3n) is 4.26. The van der Waals surface area contributed by atoms with Gasteiger partial charge in [0.15, 0.2) is 5.82 Å². The van der Waals surface area contributed by atoms with E-state index in [1.165, 1.54) is 19.2 Å².